The maximum Gasteiger partial charge on any atom is 0.305 e. The van der Waals surface area contributed by atoms with Crippen LogP contribution in [-0.2, 0) is 9.59 Å². The molecule has 0 aromatic carbocycles. The van der Waals surface area contributed by atoms with Crippen molar-refractivity contribution in [3.63, 3.8) is 0 Å². The summed E-state index contributed by atoms with van der Waals surface area (Å²) >= 11 is 0. The lowest BCUT2D eigenvalue weighted by Gasteiger charge is -2.51. The van der Waals surface area contributed by atoms with Crippen LogP contribution in [0.4, 0.5) is 0 Å². The fourth-order valence-electron chi connectivity index (χ4n) is 2.81. The monoisotopic (exact) mass is 242 g/mol. The molecule has 0 spiro atoms. The van der Waals surface area contributed by atoms with Crippen LogP contribution in [0.25, 0.3) is 0 Å². The maximum atomic E-state index is 12.3. The molecule has 5 heteroatoms. The Balaban J connectivity index is 2.99. The zero-order chi connectivity index (χ0) is 13.4. The fraction of sp³-hybridized carbons (Fsp3) is 0.833. The number of carboxylic acids is 1. The molecule has 98 valence electrons. The van der Waals surface area contributed by atoms with Gasteiger partial charge in [-0.25, -0.2) is 0 Å². The predicted molar refractivity (Wildman–Crippen MR) is 64.7 cm³/mol. The molecule has 1 fully saturated rings. The van der Waals surface area contributed by atoms with Gasteiger partial charge in [-0.3, -0.25) is 14.5 Å². The van der Waals surface area contributed by atoms with E-state index in [2.05, 4.69) is 0 Å². The number of nitrogens with zero attached hydrogens (tertiary/aromatic N) is 2. The number of amides is 1. The summed E-state index contributed by atoms with van der Waals surface area (Å²) in [6, 6.07) is -0.453. The van der Waals surface area contributed by atoms with Crippen LogP contribution in [0.15, 0.2) is 0 Å². The standard InChI is InChI=1S/C12H22N2O3/c1-8(2)14-11(17)9(6-10(15)16)13(5)7-12(14,3)4/h8-9H,6-7H2,1-5H3,(H,15,16). The molecule has 1 aliphatic heterocycles. The second-order valence-corrected chi connectivity index (χ2v) is 5.64. The molecule has 1 aliphatic rings. The van der Waals surface area contributed by atoms with Crippen molar-refractivity contribution in [2.45, 2.75) is 51.7 Å². The lowest BCUT2D eigenvalue weighted by Crippen LogP contribution is -2.67. The third-order valence-electron chi connectivity index (χ3n) is 3.23. The lowest BCUT2D eigenvalue weighted by molar-refractivity contribution is -0.158. The molecule has 5 nitrogen and oxygen atoms in total. The van der Waals surface area contributed by atoms with E-state index in [1.165, 1.54) is 0 Å². The first kappa shape index (κ1) is 14.0. The summed E-state index contributed by atoms with van der Waals surface area (Å²) in [6.07, 6.45) is -0.130. The molecule has 1 saturated heterocycles. The zero-order valence-corrected chi connectivity index (χ0v) is 11.2. The van der Waals surface area contributed by atoms with E-state index in [1.807, 2.05) is 39.6 Å². The topological polar surface area (TPSA) is 60.9 Å². The number of rotatable bonds is 3. The molecule has 1 amide bonds. The van der Waals surface area contributed by atoms with Crippen molar-refractivity contribution < 1.29 is 14.7 Å². The van der Waals surface area contributed by atoms with Gasteiger partial charge in [0.2, 0.25) is 5.91 Å². The van der Waals surface area contributed by atoms with Gasteiger partial charge < -0.3 is 10.0 Å². The number of carbonyl (C=O) groups is 2. The summed E-state index contributed by atoms with van der Waals surface area (Å²) in [5, 5.41) is 8.86. The summed E-state index contributed by atoms with van der Waals surface area (Å²) in [5.74, 6) is -1.01. The van der Waals surface area contributed by atoms with E-state index in [0.29, 0.717) is 6.54 Å². The third-order valence-corrected chi connectivity index (χ3v) is 3.23. The molecular formula is C12H22N2O3. The lowest BCUT2D eigenvalue weighted by atomic mass is 9.92. The first-order chi connectivity index (χ1) is 7.66. The number of piperazine rings is 1. The summed E-state index contributed by atoms with van der Waals surface area (Å²) in [7, 11) is 1.81. The second-order valence-electron chi connectivity index (χ2n) is 5.64. The van der Waals surface area contributed by atoms with E-state index in [9.17, 15) is 9.59 Å². The molecule has 17 heavy (non-hydrogen) atoms. The van der Waals surface area contributed by atoms with Gasteiger partial charge in [-0.05, 0) is 34.7 Å². The van der Waals surface area contributed by atoms with E-state index in [1.54, 1.807) is 4.90 Å². The molecule has 0 radical (unpaired) electrons. The predicted octanol–water partition coefficient (Wildman–Crippen LogP) is 0.791. The third kappa shape index (κ3) is 2.77. The highest BCUT2D eigenvalue weighted by molar-refractivity contribution is 5.87. The van der Waals surface area contributed by atoms with Crippen molar-refractivity contribution >= 4 is 11.9 Å². The van der Waals surface area contributed by atoms with E-state index in [4.69, 9.17) is 5.11 Å². The number of aliphatic carboxylic acids is 1. The Kier molecular flexibility index (Phi) is 3.81. The van der Waals surface area contributed by atoms with Crippen LogP contribution in [-0.4, -0.2) is 58.0 Å². The Morgan fingerprint density at radius 2 is 2.06 bits per heavy atom. The number of hydrogen-bond acceptors (Lipinski definition) is 3. The Hall–Kier alpha value is -1.10. The molecule has 1 atom stereocenters. The molecule has 0 aliphatic carbocycles. The van der Waals surface area contributed by atoms with E-state index >= 15 is 0 Å². The first-order valence-corrected chi connectivity index (χ1v) is 5.92. The Morgan fingerprint density at radius 1 is 1.53 bits per heavy atom. The van der Waals surface area contributed by atoms with Crippen molar-refractivity contribution in [3.05, 3.63) is 0 Å². The van der Waals surface area contributed by atoms with Gasteiger partial charge in [-0.1, -0.05) is 0 Å². The fourth-order valence-corrected chi connectivity index (χ4v) is 2.81. The zero-order valence-electron chi connectivity index (χ0n) is 11.2. The Labute approximate surface area is 102 Å². The summed E-state index contributed by atoms with van der Waals surface area (Å²) in [6.45, 7) is 8.64. The molecule has 0 aromatic heterocycles. The second kappa shape index (κ2) is 4.64. The first-order valence-electron chi connectivity index (χ1n) is 5.92. The molecule has 1 rings (SSSR count). The van der Waals surface area contributed by atoms with Gasteiger partial charge in [0.25, 0.3) is 0 Å². The van der Waals surface area contributed by atoms with Crippen molar-refractivity contribution in [3.8, 4) is 0 Å². The Bertz CT molecular complexity index is 326. The van der Waals surface area contributed by atoms with Crippen LogP contribution in [0.3, 0.4) is 0 Å². The minimum atomic E-state index is -0.932. The normalized spacial score (nSPS) is 25.4. The van der Waals surface area contributed by atoms with E-state index < -0.39 is 12.0 Å². The van der Waals surface area contributed by atoms with Crippen LogP contribution in [0.5, 0.6) is 0 Å². The van der Waals surface area contributed by atoms with Crippen LogP contribution in [0, 0.1) is 0 Å². The minimum absolute atomic E-state index is 0.0823. The Morgan fingerprint density at radius 3 is 2.47 bits per heavy atom. The van der Waals surface area contributed by atoms with Crippen molar-refractivity contribution in [2.24, 2.45) is 0 Å². The smallest absolute Gasteiger partial charge is 0.305 e. The van der Waals surface area contributed by atoms with Gasteiger partial charge in [0.1, 0.15) is 0 Å². The number of hydrogen-bond donors (Lipinski definition) is 1. The highest BCUT2D eigenvalue weighted by Gasteiger charge is 2.44. The summed E-state index contributed by atoms with van der Waals surface area (Å²) < 4.78 is 0. The molecule has 0 bridgehead atoms. The van der Waals surface area contributed by atoms with Crippen LogP contribution < -0.4 is 0 Å². The van der Waals surface area contributed by atoms with Crippen molar-refractivity contribution in [2.75, 3.05) is 13.6 Å². The molecular weight excluding hydrogens is 220 g/mol. The minimum Gasteiger partial charge on any atom is -0.481 e. The molecule has 0 aromatic rings. The molecule has 1 N–H and O–H groups in total. The van der Waals surface area contributed by atoms with Crippen LogP contribution >= 0.6 is 0 Å². The largest absolute Gasteiger partial charge is 0.481 e. The van der Waals surface area contributed by atoms with Gasteiger partial charge in [0, 0.05) is 12.6 Å². The van der Waals surface area contributed by atoms with Gasteiger partial charge in [-0.15, -0.1) is 0 Å². The number of carbonyl (C=O) groups excluding carboxylic acids is 1. The molecule has 1 heterocycles. The van der Waals surface area contributed by atoms with Crippen LogP contribution in [0.2, 0.25) is 0 Å². The summed E-state index contributed by atoms with van der Waals surface area (Å²) in [4.78, 5) is 26.8. The molecule has 1 unspecified atom stereocenters. The highest BCUT2D eigenvalue weighted by atomic mass is 16.4. The maximum absolute atomic E-state index is 12.3. The van der Waals surface area contributed by atoms with E-state index in [-0.39, 0.29) is 23.9 Å². The average molecular weight is 242 g/mol. The van der Waals surface area contributed by atoms with Crippen molar-refractivity contribution in [1.82, 2.24) is 9.80 Å². The quantitative estimate of drug-likeness (QED) is 0.795. The van der Waals surface area contributed by atoms with E-state index in [0.717, 1.165) is 0 Å². The van der Waals surface area contributed by atoms with Crippen molar-refractivity contribution in [1.29, 1.82) is 0 Å². The van der Waals surface area contributed by atoms with Gasteiger partial charge in [0.05, 0.1) is 18.0 Å². The molecule has 0 saturated carbocycles. The number of carboxylic acid groups (broad SMARTS) is 1. The van der Waals surface area contributed by atoms with Crippen LogP contribution in [0.1, 0.15) is 34.1 Å². The highest BCUT2D eigenvalue weighted by Crippen LogP contribution is 2.27. The summed E-state index contributed by atoms with van der Waals surface area (Å²) in [5.41, 5.74) is -0.255. The van der Waals surface area contributed by atoms with Gasteiger partial charge >= 0.3 is 5.97 Å². The SMILES string of the molecule is CC(C)N1C(=O)C(CC(=O)O)N(C)CC1(C)C. The average Bonchev–Trinajstić information content (AvgIpc) is 2.09. The van der Waals surface area contributed by atoms with Gasteiger partial charge in [-0.2, -0.15) is 0 Å². The van der Waals surface area contributed by atoms with Gasteiger partial charge in [0.15, 0.2) is 0 Å². The number of likely N-dealkylation sites (N-methyl/N-ethyl adjacent to an activating group) is 1.